The Bertz CT molecular complexity index is 1400. The van der Waals surface area contributed by atoms with Crippen molar-refractivity contribution in [2.45, 2.75) is 9.75 Å². The number of allylic oxidation sites excluding steroid dienone is 7. The van der Waals surface area contributed by atoms with Crippen LogP contribution in [-0.2, 0) is 9.75 Å². The zero-order chi connectivity index (χ0) is 23.5. The van der Waals surface area contributed by atoms with E-state index in [1.807, 2.05) is 72.8 Å². The van der Waals surface area contributed by atoms with Crippen molar-refractivity contribution in [1.29, 1.82) is 0 Å². The minimum absolute atomic E-state index is 0.181. The zero-order valence-electron chi connectivity index (χ0n) is 18.1. The van der Waals surface area contributed by atoms with E-state index in [0.29, 0.717) is 10.1 Å². The van der Waals surface area contributed by atoms with E-state index in [-0.39, 0.29) is 5.92 Å². The lowest BCUT2D eigenvalue weighted by Gasteiger charge is -2.55. The average molecular weight is 522 g/mol. The van der Waals surface area contributed by atoms with E-state index in [1.54, 1.807) is 0 Å². The van der Waals surface area contributed by atoms with E-state index in [4.69, 9.17) is 46.4 Å². The maximum Gasteiger partial charge on any atom is 0.104 e. The lowest BCUT2D eigenvalue weighted by Crippen LogP contribution is -2.52. The van der Waals surface area contributed by atoms with Gasteiger partial charge in [-0.3, -0.25) is 0 Å². The van der Waals surface area contributed by atoms with Gasteiger partial charge < -0.3 is 0 Å². The van der Waals surface area contributed by atoms with E-state index in [1.165, 1.54) is 0 Å². The van der Waals surface area contributed by atoms with Gasteiger partial charge in [-0.05, 0) is 33.4 Å². The summed E-state index contributed by atoms with van der Waals surface area (Å²) in [6.45, 7) is 0. The smallest absolute Gasteiger partial charge is 0.104 e. The highest BCUT2D eigenvalue weighted by Gasteiger charge is 2.62. The van der Waals surface area contributed by atoms with Crippen LogP contribution in [0.1, 0.15) is 22.3 Å². The highest BCUT2D eigenvalue weighted by atomic mass is 35.5. The molecule has 0 radical (unpaired) electrons. The Morgan fingerprint density at radius 3 is 1.97 bits per heavy atom. The summed E-state index contributed by atoms with van der Waals surface area (Å²) in [5, 5.41) is 1.23. The van der Waals surface area contributed by atoms with Gasteiger partial charge in [0.25, 0.3) is 0 Å². The zero-order valence-corrected chi connectivity index (χ0v) is 21.1. The molecule has 0 aliphatic heterocycles. The maximum absolute atomic E-state index is 7.92. The minimum Gasteiger partial charge on any atom is -0.112 e. The van der Waals surface area contributed by atoms with Crippen LogP contribution in [0, 0.1) is 11.8 Å². The maximum atomic E-state index is 7.92. The third-order valence-corrected chi connectivity index (χ3v) is 9.42. The normalized spacial score (nSPS) is 29.5. The molecule has 0 amide bonds. The van der Waals surface area contributed by atoms with Gasteiger partial charge in [0.05, 0.1) is 9.91 Å². The van der Waals surface area contributed by atoms with E-state index in [9.17, 15) is 0 Å². The number of alkyl halides is 2. The van der Waals surface area contributed by atoms with E-state index in [2.05, 4.69) is 36.4 Å². The summed E-state index contributed by atoms with van der Waals surface area (Å²) in [4.78, 5) is -1.93. The van der Waals surface area contributed by atoms with Crippen LogP contribution in [0.2, 0.25) is 0 Å². The van der Waals surface area contributed by atoms with Gasteiger partial charge in [-0.25, -0.2) is 0 Å². The fourth-order valence-corrected chi connectivity index (χ4v) is 7.85. The summed E-state index contributed by atoms with van der Waals surface area (Å²) in [5.41, 5.74) is 5.51. The molecular weight excluding hydrogens is 502 g/mol. The fraction of sp³-hybridized carbons (Fsp3) is 0.133. The third-order valence-electron chi connectivity index (χ3n) is 7.28. The van der Waals surface area contributed by atoms with Crippen molar-refractivity contribution in [3.8, 4) is 0 Å². The molecular formula is C30H20Cl4. The Morgan fingerprint density at radius 1 is 0.647 bits per heavy atom. The van der Waals surface area contributed by atoms with E-state index in [0.717, 1.165) is 33.4 Å². The van der Waals surface area contributed by atoms with Crippen molar-refractivity contribution in [3.63, 3.8) is 0 Å². The van der Waals surface area contributed by atoms with Gasteiger partial charge in [-0.2, -0.15) is 0 Å². The number of hydrogen-bond donors (Lipinski definition) is 0. The minimum atomic E-state index is -0.996. The molecule has 4 atom stereocenters. The molecule has 0 saturated carbocycles. The predicted octanol–water partition coefficient (Wildman–Crippen LogP) is 9.13. The molecule has 0 nitrogen and oxygen atoms in total. The van der Waals surface area contributed by atoms with Crippen LogP contribution in [0.3, 0.4) is 0 Å². The van der Waals surface area contributed by atoms with Gasteiger partial charge >= 0.3 is 0 Å². The molecule has 0 aromatic heterocycles. The van der Waals surface area contributed by atoms with Gasteiger partial charge in [0, 0.05) is 16.9 Å². The molecule has 6 rings (SSSR count). The summed E-state index contributed by atoms with van der Waals surface area (Å²) in [6.07, 6.45) is 8.20. The Hall–Kier alpha value is -2.22. The van der Waals surface area contributed by atoms with Crippen LogP contribution in [-0.4, -0.2) is 0 Å². The predicted molar refractivity (Wildman–Crippen MR) is 144 cm³/mol. The lowest BCUT2D eigenvalue weighted by atomic mass is 9.56. The Kier molecular flexibility index (Phi) is 5.35. The van der Waals surface area contributed by atoms with Crippen molar-refractivity contribution >= 4 is 51.4 Å². The van der Waals surface area contributed by atoms with Crippen LogP contribution in [0.15, 0.2) is 125 Å². The third kappa shape index (κ3) is 2.93. The molecule has 0 unspecified atom stereocenters. The number of rotatable bonds is 2. The van der Waals surface area contributed by atoms with Gasteiger partial charge in [-0.1, -0.05) is 132 Å². The van der Waals surface area contributed by atoms with Crippen molar-refractivity contribution in [3.05, 3.63) is 148 Å². The fourth-order valence-electron chi connectivity index (χ4n) is 5.84. The molecule has 3 aliphatic carbocycles. The van der Waals surface area contributed by atoms with Crippen LogP contribution in [0.4, 0.5) is 0 Å². The molecule has 34 heavy (non-hydrogen) atoms. The molecule has 0 saturated heterocycles. The molecule has 3 aromatic carbocycles. The van der Waals surface area contributed by atoms with Crippen molar-refractivity contribution in [2.75, 3.05) is 0 Å². The topological polar surface area (TPSA) is 0 Å². The van der Waals surface area contributed by atoms with Crippen molar-refractivity contribution in [2.24, 2.45) is 11.8 Å². The van der Waals surface area contributed by atoms with Crippen molar-refractivity contribution in [1.82, 2.24) is 0 Å². The summed E-state index contributed by atoms with van der Waals surface area (Å²) in [7, 11) is 0. The monoisotopic (exact) mass is 520 g/mol. The first-order chi connectivity index (χ1) is 16.5. The summed E-state index contributed by atoms with van der Waals surface area (Å²) in [6, 6.07) is 28.4. The quantitative estimate of drug-likeness (QED) is 0.295. The molecule has 0 heterocycles. The highest BCUT2D eigenvalue weighted by Crippen LogP contribution is 2.68. The van der Waals surface area contributed by atoms with Gasteiger partial charge in [0.2, 0.25) is 0 Å². The van der Waals surface area contributed by atoms with Gasteiger partial charge in [0.1, 0.15) is 4.87 Å². The Balaban J connectivity index is 1.79. The lowest BCUT2D eigenvalue weighted by molar-refractivity contribution is 0.303. The summed E-state index contributed by atoms with van der Waals surface area (Å²) < 4.78 is 0. The molecule has 4 heteroatoms. The van der Waals surface area contributed by atoms with Gasteiger partial charge in [-0.15, -0.1) is 23.2 Å². The molecule has 3 aromatic rings. The molecule has 0 bridgehead atoms. The standard InChI is InChI=1S/C30H20Cl4/c31-26-21-15-7-9-17-23(21)29(33,19-11-3-1-4-12-19)28-25(26)27(32)22-16-8-10-18-24(22)30(28,34)20-13-5-2-6-14-20/h1-18,23,28H/t23-,28-,29+,30-/m1/s1. The number of hydrogen-bond acceptors (Lipinski definition) is 0. The van der Waals surface area contributed by atoms with E-state index < -0.39 is 15.7 Å². The van der Waals surface area contributed by atoms with Crippen molar-refractivity contribution < 1.29 is 0 Å². The molecule has 168 valence electrons. The first-order valence-electron chi connectivity index (χ1n) is 11.2. The SMILES string of the molecule is ClC1=C2C=CC=C[C@H]2[C@@](Cl)(c2ccccc2)[C@H]2C1=C(Cl)c1ccccc1[C@]2(Cl)c1ccccc1. The van der Waals surface area contributed by atoms with Crippen LogP contribution in [0.25, 0.3) is 5.03 Å². The second kappa shape index (κ2) is 8.18. The number of benzene rings is 3. The van der Waals surface area contributed by atoms with Crippen LogP contribution < -0.4 is 0 Å². The molecule has 0 fully saturated rings. The van der Waals surface area contributed by atoms with Gasteiger partial charge in [0.15, 0.2) is 0 Å². The second-order valence-corrected chi connectivity index (χ2v) is 10.9. The summed E-state index contributed by atoms with van der Waals surface area (Å²) >= 11 is 30.2. The largest absolute Gasteiger partial charge is 0.112 e. The van der Waals surface area contributed by atoms with E-state index >= 15 is 0 Å². The molecule has 0 spiro atoms. The first-order valence-corrected chi connectivity index (χ1v) is 12.7. The van der Waals surface area contributed by atoms with Crippen LogP contribution in [0.5, 0.6) is 0 Å². The summed E-state index contributed by atoms with van der Waals surface area (Å²) in [5.74, 6) is -0.618. The molecule has 0 N–H and O–H groups in total. The highest BCUT2D eigenvalue weighted by molar-refractivity contribution is 6.52. The second-order valence-electron chi connectivity index (χ2n) is 8.91. The Labute approximate surface area is 219 Å². The van der Waals surface area contributed by atoms with Crippen LogP contribution >= 0.6 is 46.4 Å². The molecule has 3 aliphatic rings. The Morgan fingerprint density at radius 2 is 1.26 bits per heavy atom. The number of fused-ring (bicyclic) bond motifs is 3. The number of halogens is 4. The first kappa shape index (κ1) is 22.3. The average Bonchev–Trinajstić information content (AvgIpc) is 2.90.